The van der Waals surface area contributed by atoms with Gasteiger partial charge in [-0.2, -0.15) is 0 Å². The van der Waals surface area contributed by atoms with Crippen LogP contribution in [0.25, 0.3) is 0 Å². The first-order valence-corrected chi connectivity index (χ1v) is 6.86. The molecule has 0 atom stereocenters. The van der Waals surface area contributed by atoms with Crippen LogP contribution in [0, 0.1) is 5.41 Å². The SMILES string of the molecule is NCC1(CNC2CCCCC2)CCOCC1. The molecule has 1 aliphatic carbocycles. The summed E-state index contributed by atoms with van der Waals surface area (Å²) >= 11 is 0. The van der Waals surface area contributed by atoms with Gasteiger partial charge in [0.1, 0.15) is 0 Å². The van der Waals surface area contributed by atoms with Gasteiger partial charge in [0.25, 0.3) is 0 Å². The van der Waals surface area contributed by atoms with Crippen molar-refractivity contribution in [1.29, 1.82) is 0 Å². The van der Waals surface area contributed by atoms with Crippen LogP contribution in [0.2, 0.25) is 0 Å². The van der Waals surface area contributed by atoms with Crippen LogP contribution in [0.15, 0.2) is 0 Å². The minimum atomic E-state index is 0.315. The molecule has 0 aromatic carbocycles. The van der Waals surface area contributed by atoms with Gasteiger partial charge in [0.2, 0.25) is 0 Å². The lowest BCUT2D eigenvalue weighted by atomic mass is 9.79. The second kappa shape index (κ2) is 5.99. The standard InChI is InChI=1S/C13H26N2O/c14-10-13(6-8-16-9-7-13)11-15-12-4-2-1-3-5-12/h12,15H,1-11,14H2. The molecule has 2 aliphatic rings. The lowest BCUT2D eigenvalue weighted by molar-refractivity contribution is 0.0174. The number of rotatable bonds is 4. The summed E-state index contributed by atoms with van der Waals surface area (Å²) in [5.74, 6) is 0. The van der Waals surface area contributed by atoms with Crippen LogP contribution in [0.1, 0.15) is 44.9 Å². The van der Waals surface area contributed by atoms with E-state index in [0.29, 0.717) is 5.41 Å². The van der Waals surface area contributed by atoms with E-state index < -0.39 is 0 Å². The molecule has 1 heterocycles. The lowest BCUT2D eigenvalue weighted by Gasteiger charge is -2.38. The van der Waals surface area contributed by atoms with E-state index >= 15 is 0 Å². The minimum Gasteiger partial charge on any atom is -0.381 e. The molecule has 0 spiro atoms. The van der Waals surface area contributed by atoms with Crippen LogP contribution < -0.4 is 11.1 Å². The first kappa shape index (κ1) is 12.3. The minimum absolute atomic E-state index is 0.315. The van der Waals surface area contributed by atoms with Crippen LogP contribution in [0.5, 0.6) is 0 Å². The molecular formula is C13H26N2O. The van der Waals surface area contributed by atoms with E-state index in [1.165, 1.54) is 32.1 Å². The number of nitrogens with one attached hydrogen (secondary N) is 1. The molecule has 0 aromatic heterocycles. The molecule has 0 bridgehead atoms. The smallest absolute Gasteiger partial charge is 0.0472 e. The van der Waals surface area contributed by atoms with Crippen molar-refractivity contribution in [2.75, 3.05) is 26.3 Å². The largest absolute Gasteiger partial charge is 0.381 e. The number of ether oxygens (including phenoxy) is 1. The van der Waals surface area contributed by atoms with Crippen LogP contribution in [-0.4, -0.2) is 32.3 Å². The molecule has 0 amide bonds. The van der Waals surface area contributed by atoms with E-state index in [1.807, 2.05) is 0 Å². The molecule has 0 radical (unpaired) electrons. The van der Waals surface area contributed by atoms with Gasteiger partial charge in [0, 0.05) is 25.8 Å². The summed E-state index contributed by atoms with van der Waals surface area (Å²) in [6, 6.07) is 0.750. The number of nitrogens with two attached hydrogens (primary N) is 1. The molecule has 1 aliphatic heterocycles. The fourth-order valence-corrected chi connectivity index (χ4v) is 2.93. The molecular weight excluding hydrogens is 200 g/mol. The second-order valence-corrected chi connectivity index (χ2v) is 5.53. The fraction of sp³-hybridized carbons (Fsp3) is 1.00. The van der Waals surface area contributed by atoms with Crippen molar-refractivity contribution in [3.05, 3.63) is 0 Å². The van der Waals surface area contributed by atoms with Crippen LogP contribution in [0.3, 0.4) is 0 Å². The van der Waals surface area contributed by atoms with E-state index in [1.54, 1.807) is 0 Å². The summed E-state index contributed by atoms with van der Waals surface area (Å²) in [4.78, 5) is 0. The van der Waals surface area contributed by atoms with Crippen molar-refractivity contribution in [1.82, 2.24) is 5.32 Å². The van der Waals surface area contributed by atoms with E-state index in [9.17, 15) is 0 Å². The predicted octanol–water partition coefficient (Wildman–Crippen LogP) is 1.66. The summed E-state index contributed by atoms with van der Waals surface area (Å²) in [6.07, 6.45) is 9.20. The summed E-state index contributed by atoms with van der Waals surface area (Å²) in [7, 11) is 0. The van der Waals surface area contributed by atoms with Gasteiger partial charge in [-0.25, -0.2) is 0 Å². The normalized spacial score (nSPS) is 26.8. The molecule has 3 nitrogen and oxygen atoms in total. The molecule has 2 rings (SSSR count). The van der Waals surface area contributed by atoms with Crippen molar-refractivity contribution in [3.63, 3.8) is 0 Å². The Morgan fingerprint density at radius 1 is 1.12 bits per heavy atom. The Balaban J connectivity index is 1.77. The third kappa shape index (κ3) is 3.19. The highest BCUT2D eigenvalue weighted by molar-refractivity contribution is 4.86. The molecule has 2 fully saturated rings. The van der Waals surface area contributed by atoms with E-state index in [-0.39, 0.29) is 0 Å². The Hall–Kier alpha value is -0.120. The molecule has 16 heavy (non-hydrogen) atoms. The van der Waals surface area contributed by atoms with E-state index in [2.05, 4.69) is 5.32 Å². The third-order valence-electron chi connectivity index (χ3n) is 4.36. The first-order valence-electron chi connectivity index (χ1n) is 6.86. The Kier molecular flexibility index (Phi) is 4.62. The summed E-state index contributed by atoms with van der Waals surface area (Å²) in [5, 5.41) is 3.75. The number of hydrogen-bond donors (Lipinski definition) is 2. The van der Waals surface area contributed by atoms with E-state index in [4.69, 9.17) is 10.5 Å². The van der Waals surface area contributed by atoms with Crippen molar-refractivity contribution >= 4 is 0 Å². The molecule has 3 heteroatoms. The maximum absolute atomic E-state index is 5.96. The Bertz CT molecular complexity index is 196. The van der Waals surface area contributed by atoms with Crippen molar-refractivity contribution in [2.24, 2.45) is 11.1 Å². The summed E-state index contributed by atoms with van der Waals surface area (Å²) in [6.45, 7) is 3.68. The zero-order valence-electron chi connectivity index (χ0n) is 10.3. The van der Waals surface area contributed by atoms with Crippen LogP contribution in [-0.2, 0) is 4.74 Å². The third-order valence-corrected chi connectivity index (χ3v) is 4.36. The zero-order valence-corrected chi connectivity index (χ0v) is 10.3. The van der Waals surface area contributed by atoms with Gasteiger partial charge < -0.3 is 15.8 Å². The highest BCUT2D eigenvalue weighted by Crippen LogP contribution is 2.29. The summed E-state index contributed by atoms with van der Waals surface area (Å²) < 4.78 is 5.44. The molecule has 94 valence electrons. The van der Waals surface area contributed by atoms with Gasteiger partial charge in [0.05, 0.1) is 0 Å². The number of hydrogen-bond acceptors (Lipinski definition) is 3. The maximum Gasteiger partial charge on any atom is 0.0472 e. The molecule has 1 saturated heterocycles. The van der Waals surface area contributed by atoms with Gasteiger partial charge in [-0.1, -0.05) is 19.3 Å². The van der Waals surface area contributed by atoms with Gasteiger partial charge in [-0.05, 0) is 37.6 Å². The van der Waals surface area contributed by atoms with Crippen molar-refractivity contribution in [3.8, 4) is 0 Å². The Morgan fingerprint density at radius 3 is 2.44 bits per heavy atom. The predicted molar refractivity (Wildman–Crippen MR) is 66.4 cm³/mol. The van der Waals surface area contributed by atoms with E-state index in [0.717, 1.165) is 45.2 Å². The topological polar surface area (TPSA) is 47.3 Å². The lowest BCUT2D eigenvalue weighted by Crippen LogP contribution is -2.47. The first-order chi connectivity index (χ1) is 7.85. The quantitative estimate of drug-likeness (QED) is 0.766. The summed E-state index contributed by atoms with van der Waals surface area (Å²) in [5.41, 5.74) is 6.27. The monoisotopic (exact) mass is 226 g/mol. The Morgan fingerprint density at radius 2 is 1.81 bits per heavy atom. The van der Waals surface area contributed by atoms with Crippen molar-refractivity contribution in [2.45, 2.75) is 51.0 Å². The van der Waals surface area contributed by atoms with Gasteiger partial charge in [-0.15, -0.1) is 0 Å². The Labute approximate surface area is 99.1 Å². The second-order valence-electron chi connectivity index (χ2n) is 5.53. The zero-order chi connectivity index (χ0) is 11.3. The maximum atomic E-state index is 5.96. The molecule has 0 aromatic rings. The van der Waals surface area contributed by atoms with Gasteiger partial charge in [-0.3, -0.25) is 0 Å². The van der Waals surface area contributed by atoms with Gasteiger partial charge in [0.15, 0.2) is 0 Å². The van der Waals surface area contributed by atoms with Crippen molar-refractivity contribution < 1.29 is 4.74 Å². The average molecular weight is 226 g/mol. The van der Waals surface area contributed by atoms with Crippen LogP contribution in [0.4, 0.5) is 0 Å². The molecule has 0 unspecified atom stereocenters. The molecule has 3 N–H and O–H groups in total. The average Bonchev–Trinajstić information content (AvgIpc) is 2.39. The van der Waals surface area contributed by atoms with Crippen LogP contribution >= 0.6 is 0 Å². The molecule has 1 saturated carbocycles. The highest BCUT2D eigenvalue weighted by Gasteiger charge is 2.31. The fourth-order valence-electron chi connectivity index (χ4n) is 2.93. The van der Waals surface area contributed by atoms with Gasteiger partial charge >= 0.3 is 0 Å². The highest BCUT2D eigenvalue weighted by atomic mass is 16.5.